The molecule has 0 unspecified atom stereocenters. The van der Waals surface area contributed by atoms with Crippen molar-refractivity contribution in [2.24, 2.45) is 5.14 Å². The monoisotopic (exact) mass is 505 g/mol. The molecule has 1 fully saturated rings. The van der Waals surface area contributed by atoms with Gasteiger partial charge in [-0.2, -0.15) is 5.48 Å². The van der Waals surface area contributed by atoms with Gasteiger partial charge in [0.05, 0.1) is 17.5 Å². The van der Waals surface area contributed by atoms with Gasteiger partial charge in [0.25, 0.3) is 0 Å². The largest absolute Gasteiger partial charge is 0.479 e. The fraction of sp³-hybridized carbons (Fsp3) is 0.417. The van der Waals surface area contributed by atoms with Crippen LogP contribution >= 0.6 is 0 Å². The Balaban J connectivity index is 1.89. The van der Waals surface area contributed by atoms with E-state index in [0.29, 0.717) is 13.0 Å². The molecule has 11 heteroatoms. The van der Waals surface area contributed by atoms with Crippen LogP contribution in [0.4, 0.5) is 4.79 Å². The van der Waals surface area contributed by atoms with Gasteiger partial charge in [-0.15, -0.1) is 0 Å². The number of carbonyl (C=O) groups excluding carboxylic acids is 1. The highest BCUT2D eigenvalue weighted by Crippen LogP contribution is 2.39. The normalized spacial score (nSPS) is 20.9. The van der Waals surface area contributed by atoms with E-state index in [-0.39, 0.29) is 29.5 Å². The van der Waals surface area contributed by atoms with Crippen molar-refractivity contribution in [3.8, 4) is 0 Å². The molecule has 1 aliphatic heterocycles. The number of nitrogens with two attached hydrogens (primary N) is 1. The van der Waals surface area contributed by atoms with Gasteiger partial charge in [-0.1, -0.05) is 42.5 Å². The zero-order valence-electron chi connectivity index (χ0n) is 19.9. The van der Waals surface area contributed by atoms with Crippen LogP contribution in [0.2, 0.25) is 0 Å². The van der Waals surface area contributed by atoms with Crippen LogP contribution in [0.1, 0.15) is 44.7 Å². The number of likely N-dealkylation sites (tertiary alicyclic amines) is 1. The van der Waals surface area contributed by atoms with Crippen molar-refractivity contribution < 1.29 is 32.7 Å². The molecule has 2 atom stereocenters. The van der Waals surface area contributed by atoms with Crippen molar-refractivity contribution in [3.05, 3.63) is 65.7 Å². The summed E-state index contributed by atoms with van der Waals surface area (Å²) < 4.78 is 28.9. The lowest BCUT2D eigenvalue weighted by Crippen LogP contribution is -2.62. The molecule has 35 heavy (non-hydrogen) atoms. The van der Waals surface area contributed by atoms with Gasteiger partial charge in [0, 0.05) is 6.54 Å². The van der Waals surface area contributed by atoms with Crippen molar-refractivity contribution in [1.82, 2.24) is 10.4 Å². The third-order valence-electron chi connectivity index (χ3n) is 5.68. The average Bonchev–Trinajstić information content (AvgIpc) is 2.78. The standard InChI is InChI=1S/C24H31N3O7S/c1-23(2,3)34-22(30)27-15-19(26-33-16-17-7-5-4-6-8-17)13-14-24(27,21(28)29)18-9-11-20(12-10-18)35(25,31)32/h4-12,19,26H,13-16H2,1-3H3,(H,28,29)(H2,25,31,32)/t19-,24+/m1/s1. The number of aliphatic carboxylic acids is 1. The van der Waals surface area contributed by atoms with E-state index in [1.165, 1.54) is 29.2 Å². The van der Waals surface area contributed by atoms with E-state index in [2.05, 4.69) is 5.48 Å². The van der Waals surface area contributed by atoms with Crippen LogP contribution in [0, 0.1) is 0 Å². The van der Waals surface area contributed by atoms with Crippen LogP contribution in [0.15, 0.2) is 59.5 Å². The molecular formula is C24H31N3O7S. The number of amides is 1. The molecule has 1 aliphatic rings. The van der Waals surface area contributed by atoms with Gasteiger partial charge in [-0.25, -0.2) is 23.1 Å². The van der Waals surface area contributed by atoms with E-state index >= 15 is 0 Å². The Hall–Kier alpha value is -2.99. The summed E-state index contributed by atoms with van der Waals surface area (Å²) >= 11 is 0. The van der Waals surface area contributed by atoms with E-state index in [0.717, 1.165) is 5.56 Å². The molecule has 2 aromatic carbocycles. The summed E-state index contributed by atoms with van der Waals surface area (Å²) in [6.07, 6.45) is -0.384. The number of hydroxylamine groups is 1. The zero-order valence-corrected chi connectivity index (χ0v) is 20.7. The maximum atomic E-state index is 13.2. The molecule has 1 amide bonds. The van der Waals surface area contributed by atoms with E-state index in [4.69, 9.17) is 14.7 Å². The lowest BCUT2D eigenvalue weighted by atomic mass is 9.79. The number of carboxylic acids is 1. The van der Waals surface area contributed by atoms with Crippen molar-refractivity contribution >= 4 is 22.1 Å². The predicted molar refractivity (Wildman–Crippen MR) is 127 cm³/mol. The minimum Gasteiger partial charge on any atom is -0.479 e. The summed E-state index contributed by atoms with van der Waals surface area (Å²) in [5, 5.41) is 15.5. The van der Waals surface area contributed by atoms with Gasteiger partial charge in [0.15, 0.2) is 5.54 Å². The summed E-state index contributed by atoms with van der Waals surface area (Å²) in [4.78, 5) is 32.6. The predicted octanol–water partition coefficient (Wildman–Crippen LogP) is 2.73. The number of primary sulfonamides is 1. The molecule has 0 saturated carbocycles. The van der Waals surface area contributed by atoms with Crippen LogP contribution in [0.5, 0.6) is 0 Å². The van der Waals surface area contributed by atoms with Crippen LogP contribution in [0.25, 0.3) is 0 Å². The summed E-state index contributed by atoms with van der Waals surface area (Å²) in [5.74, 6) is -1.25. The SMILES string of the molecule is CC(C)(C)OC(=O)N1C[C@H](NOCc2ccccc2)CC[C@@]1(C(=O)O)c1ccc(S(N)(=O)=O)cc1. The molecule has 10 nitrogen and oxygen atoms in total. The number of carbonyl (C=O) groups is 2. The molecule has 0 aromatic heterocycles. The van der Waals surface area contributed by atoms with E-state index in [9.17, 15) is 23.1 Å². The maximum Gasteiger partial charge on any atom is 0.411 e. The highest BCUT2D eigenvalue weighted by molar-refractivity contribution is 7.89. The molecule has 0 spiro atoms. The van der Waals surface area contributed by atoms with Crippen LogP contribution in [-0.2, 0) is 36.5 Å². The Morgan fingerprint density at radius 2 is 1.77 bits per heavy atom. The van der Waals surface area contributed by atoms with Gasteiger partial charge < -0.3 is 9.84 Å². The van der Waals surface area contributed by atoms with Gasteiger partial charge in [-0.05, 0) is 56.9 Å². The number of piperidine rings is 1. The fourth-order valence-electron chi connectivity index (χ4n) is 4.01. The smallest absolute Gasteiger partial charge is 0.411 e. The minimum absolute atomic E-state index is 0.00700. The second-order valence-electron chi connectivity index (χ2n) is 9.45. The highest BCUT2D eigenvalue weighted by Gasteiger charge is 2.53. The summed E-state index contributed by atoms with van der Waals surface area (Å²) in [6, 6.07) is 14.4. The zero-order chi connectivity index (χ0) is 25.9. The Morgan fingerprint density at radius 1 is 1.14 bits per heavy atom. The Kier molecular flexibility index (Phi) is 7.85. The third-order valence-corrected chi connectivity index (χ3v) is 6.61. The van der Waals surface area contributed by atoms with E-state index in [1.807, 2.05) is 30.3 Å². The number of nitrogens with zero attached hydrogens (tertiary/aromatic N) is 1. The van der Waals surface area contributed by atoms with Crippen molar-refractivity contribution in [3.63, 3.8) is 0 Å². The first-order valence-corrected chi connectivity index (χ1v) is 12.7. The number of nitrogens with one attached hydrogen (secondary N) is 1. The molecular weight excluding hydrogens is 474 g/mol. The molecule has 2 aromatic rings. The Morgan fingerprint density at radius 3 is 2.31 bits per heavy atom. The summed E-state index contributed by atoms with van der Waals surface area (Å²) in [7, 11) is -3.97. The van der Waals surface area contributed by atoms with Crippen molar-refractivity contribution in [2.45, 2.75) is 62.3 Å². The van der Waals surface area contributed by atoms with Crippen LogP contribution < -0.4 is 10.6 Å². The molecule has 1 heterocycles. The molecule has 3 rings (SSSR count). The summed E-state index contributed by atoms with van der Waals surface area (Å²) in [5.41, 5.74) is 1.51. The first kappa shape index (κ1) is 26.6. The number of ether oxygens (including phenoxy) is 1. The second-order valence-corrected chi connectivity index (χ2v) is 11.0. The van der Waals surface area contributed by atoms with E-state index < -0.39 is 33.2 Å². The van der Waals surface area contributed by atoms with Gasteiger partial charge in [-0.3, -0.25) is 9.74 Å². The quantitative estimate of drug-likeness (QED) is 0.487. The van der Waals surface area contributed by atoms with E-state index in [1.54, 1.807) is 20.8 Å². The number of hydrogen-bond acceptors (Lipinski definition) is 7. The molecule has 1 saturated heterocycles. The average molecular weight is 506 g/mol. The fourth-order valence-corrected chi connectivity index (χ4v) is 4.53. The molecule has 0 aliphatic carbocycles. The Bertz CT molecular complexity index is 1150. The minimum atomic E-state index is -3.97. The van der Waals surface area contributed by atoms with Crippen molar-refractivity contribution in [2.75, 3.05) is 6.54 Å². The number of rotatable bonds is 7. The first-order valence-electron chi connectivity index (χ1n) is 11.1. The van der Waals surface area contributed by atoms with Crippen LogP contribution in [-0.4, -0.2) is 48.7 Å². The molecule has 4 N–H and O–H groups in total. The molecule has 0 bridgehead atoms. The molecule has 190 valence electrons. The van der Waals surface area contributed by atoms with Gasteiger partial charge >= 0.3 is 12.1 Å². The highest BCUT2D eigenvalue weighted by atomic mass is 32.2. The lowest BCUT2D eigenvalue weighted by molar-refractivity contribution is -0.157. The lowest BCUT2D eigenvalue weighted by Gasteiger charge is -2.46. The maximum absolute atomic E-state index is 13.2. The van der Waals surface area contributed by atoms with Crippen LogP contribution in [0.3, 0.4) is 0 Å². The van der Waals surface area contributed by atoms with Gasteiger partial charge in [0.1, 0.15) is 5.60 Å². The second kappa shape index (κ2) is 10.3. The molecule has 0 radical (unpaired) electrons. The Labute approximate surface area is 205 Å². The summed E-state index contributed by atoms with van der Waals surface area (Å²) in [6.45, 7) is 5.36. The van der Waals surface area contributed by atoms with Gasteiger partial charge in [0.2, 0.25) is 10.0 Å². The third kappa shape index (κ3) is 6.37. The first-order chi connectivity index (χ1) is 16.3. The number of sulfonamides is 1. The topological polar surface area (TPSA) is 148 Å². The number of hydrogen-bond donors (Lipinski definition) is 3. The van der Waals surface area contributed by atoms with Crippen molar-refractivity contribution in [1.29, 1.82) is 0 Å². The number of carboxylic acid groups (broad SMARTS) is 1. The number of benzene rings is 2.